The van der Waals surface area contributed by atoms with Gasteiger partial charge in [0.05, 0.1) is 12.4 Å². The molecule has 0 fully saturated rings. The van der Waals surface area contributed by atoms with Crippen LogP contribution in [0.25, 0.3) is 0 Å². The molecule has 0 saturated heterocycles. The average Bonchev–Trinajstić information content (AvgIpc) is 2.56. The summed E-state index contributed by atoms with van der Waals surface area (Å²) in [5, 5.41) is 3.14. The molecule has 0 atom stereocenters. The number of nitrogens with two attached hydrogens (primary N) is 1. The predicted molar refractivity (Wildman–Crippen MR) is 97.7 cm³/mol. The van der Waals surface area contributed by atoms with Crippen molar-refractivity contribution in [3.05, 3.63) is 41.1 Å². The Morgan fingerprint density at radius 3 is 2.68 bits per heavy atom. The molecular formula is C17H20N4O3S. The summed E-state index contributed by atoms with van der Waals surface area (Å²) in [5.74, 6) is -0.579. The third kappa shape index (κ3) is 5.18. The van der Waals surface area contributed by atoms with E-state index < -0.39 is 5.97 Å². The number of aromatic nitrogens is 2. The molecular weight excluding hydrogens is 340 g/mol. The van der Waals surface area contributed by atoms with Crippen LogP contribution in [0.15, 0.2) is 29.6 Å². The summed E-state index contributed by atoms with van der Waals surface area (Å²) in [7, 11) is 0. The van der Waals surface area contributed by atoms with Crippen molar-refractivity contribution in [2.75, 3.05) is 23.4 Å². The number of hydrogen-bond donors (Lipinski definition) is 2. The van der Waals surface area contributed by atoms with E-state index in [-0.39, 0.29) is 29.6 Å². The monoisotopic (exact) mass is 360 g/mol. The number of aryl methyl sites for hydroxylation is 2. The number of carbonyl (C=O) groups is 2. The normalized spacial score (nSPS) is 10.4. The van der Waals surface area contributed by atoms with Gasteiger partial charge in [-0.05, 0) is 44.0 Å². The minimum atomic E-state index is -0.566. The second kappa shape index (κ2) is 8.48. The molecule has 0 aliphatic heterocycles. The molecule has 1 aromatic heterocycles. The maximum absolute atomic E-state index is 12.0. The molecule has 2 aromatic rings. The number of nitrogens with zero attached hydrogens (tertiary/aromatic N) is 2. The number of esters is 1. The van der Waals surface area contributed by atoms with E-state index in [0.29, 0.717) is 5.16 Å². The molecule has 0 aliphatic rings. The van der Waals surface area contributed by atoms with E-state index in [1.54, 1.807) is 6.92 Å². The number of ether oxygens (including phenoxy) is 1. The minimum Gasteiger partial charge on any atom is -0.462 e. The highest BCUT2D eigenvalue weighted by Gasteiger charge is 2.14. The number of benzene rings is 1. The number of hydrogen-bond acceptors (Lipinski definition) is 7. The number of amides is 1. The maximum Gasteiger partial charge on any atom is 0.343 e. The molecule has 3 N–H and O–H groups in total. The summed E-state index contributed by atoms with van der Waals surface area (Å²) in [4.78, 5) is 31.7. The Bertz CT molecular complexity index is 795. The highest BCUT2D eigenvalue weighted by atomic mass is 32.2. The van der Waals surface area contributed by atoms with Gasteiger partial charge in [0.1, 0.15) is 11.4 Å². The second-order valence-electron chi connectivity index (χ2n) is 5.31. The highest BCUT2D eigenvalue weighted by Crippen LogP contribution is 2.18. The Hall–Kier alpha value is -2.61. The van der Waals surface area contributed by atoms with Gasteiger partial charge in [0.2, 0.25) is 5.91 Å². The van der Waals surface area contributed by atoms with Crippen molar-refractivity contribution in [3.8, 4) is 0 Å². The molecule has 0 aliphatic carbocycles. The van der Waals surface area contributed by atoms with Gasteiger partial charge in [0.15, 0.2) is 5.16 Å². The van der Waals surface area contributed by atoms with Crippen LogP contribution < -0.4 is 11.1 Å². The number of nitrogens with one attached hydrogen (secondary N) is 1. The van der Waals surface area contributed by atoms with Crippen LogP contribution in [0.3, 0.4) is 0 Å². The summed E-state index contributed by atoms with van der Waals surface area (Å²) in [5.41, 5.74) is 8.88. The molecule has 1 heterocycles. The van der Waals surface area contributed by atoms with Gasteiger partial charge in [-0.25, -0.2) is 14.8 Å². The lowest BCUT2D eigenvalue weighted by atomic mass is 10.1. The van der Waals surface area contributed by atoms with Crippen molar-refractivity contribution in [1.29, 1.82) is 0 Å². The molecule has 8 heteroatoms. The highest BCUT2D eigenvalue weighted by molar-refractivity contribution is 7.99. The fourth-order valence-corrected chi connectivity index (χ4v) is 2.58. The van der Waals surface area contributed by atoms with Crippen LogP contribution in [0.1, 0.15) is 28.4 Å². The zero-order chi connectivity index (χ0) is 18.4. The Labute approximate surface area is 150 Å². The molecule has 7 nitrogen and oxygen atoms in total. The first-order valence-electron chi connectivity index (χ1n) is 7.70. The van der Waals surface area contributed by atoms with Crippen molar-refractivity contribution in [1.82, 2.24) is 9.97 Å². The van der Waals surface area contributed by atoms with E-state index in [2.05, 4.69) is 15.3 Å². The van der Waals surface area contributed by atoms with Crippen LogP contribution in [0.4, 0.5) is 11.5 Å². The number of carbonyl (C=O) groups excluding carboxylic acids is 2. The molecule has 1 amide bonds. The third-order valence-corrected chi connectivity index (χ3v) is 4.28. The van der Waals surface area contributed by atoms with Crippen LogP contribution in [-0.2, 0) is 9.53 Å². The summed E-state index contributed by atoms with van der Waals surface area (Å²) >= 11 is 1.14. The van der Waals surface area contributed by atoms with Crippen LogP contribution >= 0.6 is 11.8 Å². The lowest BCUT2D eigenvalue weighted by Crippen LogP contribution is -2.15. The lowest BCUT2D eigenvalue weighted by molar-refractivity contribution is -0.113. The summed E-state index contributed by atoms with van der Waals surface area (Å²) in [6.45, 7) is 5.95. The van der Waals surface area contributed by atoms with Crippen LogP contribution in [0.5, 0.6) is 0 Å². The summed E-state index contributed by atoms with van der Waals surface area (Å²) in [6.07, 6.45) is 1.31. The van der Waals surface area contributed by atoms with Gasteiger partial charge in [-0.15, -0.1) is 0 Å². The molecule has 1 aromatic carbocycles. The summed E-state index contributed by atoms with van der Waals surface area (Å²) in [6, 6.07) is 5.73. The van der Waals surface area contributed by atoms with E-state index >= 15 is 0 Å². The zero-order valence-corrected chi connectivity index (χ0v) is 15.1. The second-order valence-corrected chi connectivity index (χ2v) is 6.25. The van der Waals surface area contributed by atoms with Gasteiger partial charge < -0.3 is 15.8 Å². The zero-order valence-electron chi connectivity index (χ0n) is 14.3. The SMILES string of the molecule is CCOC(=O)c1cnc(SCC(=O)Nc2ccc(C)c(C)c2)nc1N. The van der Waals surface area contributed by atoms with Crippen LogP contribution in [0, 0.1) is 13.8 Å². The molecule has 0 spiro atoms. The Morgan fingerprint density at radius 1 is 1.28 bits per heavy atom. The molecule has 0 radical (unpaired) electrons. The molecule has 25 heavy (non-hydrogen) atoms. The minimum absolute atomic E-state index is 0.0329. The Kier molecular flexibility index (Phi) is 6.35. The largest absolute Gasteiger partial charge is 0.462 e. The Morgan fingerprint density at radius 2 is 2.04 bits per heavy atom. The van der Waals surface area contributed by atoms with Crippen LogP contribution in [0.2, 0.25) is 0 Å². The van der Waals surface area contributed by atoms with Crippen LogP contribution in [-0.4, -0.2) is 34.2 Å². The topological polar surface area (TPSA) is 107 Å². The smallest absolute Gasteiger partial charge is 0.343 e. The van der Waals surface area contributed by atoms with E-state index in [0.717, 1.165) is 28.6 Å². The average molecular weight is 360 g/mol. The first-order chi connectivity index (χ1) is 11.9. The lowest BCUT2D eigenvalue weighted by Gasteiger charge is -2.08. The number of rotatable bonds is 6. The fraction of sp³-hybridized carbons (Fsp3) is 0.294. The molecule has 0 unspecified atom stereocenters. The first kappa shape index (κ1) is 18.7. The van der Waals surface area contributed by atoms with Gasteiger partial charge in [0, 0.05) is 11.9 Å². The van der Waals surface area contributed by atoms with E-state index in [1.165, 1.54) is 6.20 Å². The van der Waals surface area contributed by atoms with Crippen molar-refractivity contribution >= 4 is 35.1 Å². The van der Waals surface area contributed by atoms with Crippen molar-refractivity contribution < 1.29 is 14.3 Å². The van der Waals surface area contributed by atoms with Gasteiger partial charge in [-0.2, -0.15) is 0 Å². The van der Waals surface area contributed by atoms with Gasteiger partial charge in [-0.1, -0.05) is 17.8 Å². The van der Waals surface area contributed by atoms with Gasteiger partial charge in [-0.3, -0.25) is 4.79 Å². The number of anilines is 2. The van der Waals surface area contributed by atoms with Crippen molar-refractivity contribution in [2.24, 2.45) is 0 Å². The van der Waals surface area contributed by atoms with Crippen molar-refractivity contribution in [2.45, 2.75) is 25.9 Å². The summed E-state index contributed by atoms with van der Waals surface area (Å²) < 4.78 is 4.86. The van der Waals surface area contributed by atoms with Gasteiger partial charge in [0.25, 0.3) is 0 Å². The maximum atomic E-state index is 12.0. The van der Waals surface area contributed by atoms with E-state index in [9.17, 15) is 9.59 Å². The van der Waals surface area contributed by atoms with E-state index in [1.807, 2.05) is 32.0 Å². The molecule has 132 valence electrons. The first-order valence-corrected chi connectivity index (χ1v) is 8.68. The van der Waals surface area contributed by atoms with Gasteiger partial charge >= 0.3 is 5.97 Å². The number of thioether (sulfide) groups is 1. The van der Waals surface area contributed by atoms with Crippen molar-refractivity contribution in [3.63, 3.8) is 0 Å². The third-order valence-electron chi connectivity index (χ3n) is 3.41. The standard InChI is InChI=1S/C17H20N4O3S/c1-4-24-16(23)13-8-19-17(21-15(13)18)25-9-14(22)20-12-6-5-10(2)11(3)7-12/h5-8H,4,9H2,1-3H3,(H,20,22)(H2,18,19,21). The molecule has 0 saturated carbocycles. The molecule has 2 rings (SSSR count). The quantitative estimate of drug-likeness (QED) is 0.463. The molecule has 0 bridgehead atoms. The van der Waals surface area contributed by atoms with E-state index in [4.69, 9.17) is 10.5 Å². The number of nitrogen functional groups attached to an aromatic ring is 1. The Balaban J connectivity index is 1.94. The predicted octanol–water partition coefficient (Wildman–Crippen LogP) is 2.58. The fourth-order valence-electron chi connectivity index (χ4n) is 1.96.